The molecule has 0 saturated carbocycles. The first-order valence-corrected chi connectivity index (χ1v) is 10.1. The maximum absolute atomic E-state index is 12.9. The number of carbonyl (C=O) groups is 2. The van der Waals surface area contributed by atoms with Crippen molar-refractivity contribution in [3.8, 4) is 5.75 Å². The average molecular weight is 415 g/mol. The Bertz CT molecular complexity index is 821. The maximum Gasteiger partial charge on any atom is 0.419 e. The van der Waals surface area contributed by atoms with E-state index in [2.05, 4.69) is 5.32 Å². The van der Waals surface area contributed by atoms with Crippen LogP contribution in [-0.4, -0.2) is 38.0 Å². The number of rotatable bonds is 9. The summed E-state index contributed by atoms with van der Waals surface area (Å²) < 4.78 is 16.2. The van der Waals surface area contributed by atoms with Gasteiger partial charge in [0.2, 0.25) is 0 Å². The number of nitrogens with one attached hydrogen (secondary N) is 1. The Morgan fingerprint density at radius 3 is 2.47 bits per heavy atom. The Morgan fingerprint density at radius 1 is 1.07 bits per heavy atom. The summed E-state index contributed by atoms with van der Waals surface area (Å²) in [6.07, 6.45) is -0.415. The largest absolute Gasteiger partial charge is 0.447 e. The van der Waals surface area contributed by atoms with E-state index in [-0.39, 0.29) is 6.10 Å². The number of hydrogen-bond acceptors (Lipinski definition) is 5. The van der Waals surface area contributed by atoms with Gasteiger partial charge in [-0.1, -0.05) is 30.7 Å². The van der Waals surface area contributed by atoms with Gasteiger partial charge in [-0.3, -0.25) is 10.2 Å². The lowest BCUT2D eigenvalue weighted by Crippen LogP contribution is -2.36. The van der Waals surface area contributed by atoms with Crippen molar-refractivity contribution in [1.29, 1.82) is 0 Å². The minimum absolute atomic E-state index is 0.232. The van der Waals surface area contributed by atoms with E-state index in [0.29, 0.717) is 31.2 Å². The lowest BCUT2D eigenvalue weighted by atomic mass is 10.2. The van der Waals surface area contributed by atoms with Crippen molar-refractivity contribution >= 4 is 23.6 Å². The van der Waals surface area contributed by atoms with Crippen molar-refractivity contribution in [3.63, 3.8) is 0 Å². The molecule has 0 aliphatic rings. The highest BCUT2D eigenvalue weighted by Crippen LogP contribution is 2.21. The summed E-state index contributed by atoms with van der Waals surface area (Å²) in [5.41, 5.74) is 2.29. The molecule has 2 aromatic carbocycles. The van der Waals surface area contributed by atoms with Crippen molar-refractivity contribution in [2.75, 3.05) is 30.0 Å². The zero-order valence-electron chi connectivity index (χ0n) is 18.0. The molecule has 0 saturated heterocycles. The SMILES string of the molecule is CCCOCCN(C(=O)Oc1cccc(NC(=O)OC(C)C)c1)c1ccc(C)cc1. The highest BCUT2D eigenvalue weighted by molar-refractivity contribution is 5.89. The fourth-order valence-electron chi connectivity index (χ4n) is 2.61. The van der Waals surface area contributed by atoms with Gasteiger partial charge in [0.05, 0.1) is 19.3 Å². The number of benzene rings is 2. The van der Waals surface area contributed by atoms with Crippen molar-refractivity contribution in [2.24, 2.45) is 0 Å². The quantitative estimate of drug-likeness (QED) is 0.557. The summed E-state index contributed by atoms with van der Waals surface area (Å²) >= 11 is 0. The standard InChI is InChI=1S/C23H30N2O5/c1-5-14-28-15-13-25(20-11-9-18(4)10-12-20)23(27)30-21-8-6-7-19(16-21)24-22(26)29-17(2)3/h6-12,16-17H,5,13-15H2,1-4H3,(H,24,26). The summed E-state index contributed by atoms with van der Waals surface area (Å²) in [6, 6.07) is 14.2. The van der Waals surface area contributed by atoms with Gasteiger partial charge in [0.25, 0.3) is 0 Å². The Balaban J connectivity index is 2.09. The molecule has 7 nitrogen and oxygen atoms in total. The molecule has 0 aliphatic heterocycles. The maximum atomic E-state index is 12.9. The molecule has 2 aromatic rings. The summed E-state index contributed by atoms with van der Waals surface area (Å²) in [5, 5.41) is 2.62. The third kappa shape index (κ3) is 7.75. The van der Waals surface area contributed by atoms with Gasteiger partial charge in [-0.2, -0.15) is 0 Å². The van der Waals surface area contributed by atoms with E-state index >= 15 is 0 Å². The van der Waals surface area contributed by atoms with Crippen LogP contribution >= 0.6 is 0 Å². The molecule has 0 aliphatic carbocycles. The fourth-order valence-corrected chi connectivity index (χ4v) is 2.61. The van der Waals surface area contributed by atoms with E-state index in [1.807, 2.05) is 38.1 Å². The fraction of sp³-hybridized carbons (Fsp3) is 0.391. The molecule has 30 heavy (non-hydrogen) atoms. The highest BCUT2D eigenvalue weighted by Gasteiger charge is 2.18. The van der Waals surface area contributed by atoms with Gasteiger partial charge in [0.15, 0.2) is 0 Å². The first-order valence-electron chi connectivity index (χ1n) is 10.1. The first-order chi connectivity index (χ1) is 14.4. The number of aryl methyl sites for hydroxylation is 1. The molecule has 2 amide bonds. The minimum atomic E-state index is -0.567. The summed E-state index contributed by atoms with van der Waals surface area (Å²) in [5.74, 6) is 0.314. The van der Waals surface area contributed by atoms with Gasteiger partial charge in [-0.15, -0.1) is 0 Å². The highest BCUT2D eigenvalue weighted by atomic mass is 16.6. The average Bonchev–Trinajstić information content (AvgIpc) is 2.68. The second-order valence-electron chi connectivity index (χ2n) is 7.07. The number of nitrogens with zero attached hydrogens (tertiary/aromatic N) is 1. The third-order valence-corrected chi connectivity index (χ3v) is 4.00. The van der Waals surface area contributed by atoms with Crippen LogP contribution in [0.4, 0.5) is 21.0 Å². The van der Waals surface area contributed by atoms with E-state index in [9.17, 15) is 9.59 Å². The topological polar surface area (TPSA) is 77.1 Å². The summed E-state index contributed by atoms with van der Waals surface area (Å²) in [6.45, 7) is 8.95. The first kappa shape index (κ1) is 23.2. The zero-order chi connectivity index (χ0) is 21.9. The van der Waals surface area contributed by atoms with Gasteiger partial charge in [0, 0.05) is 24.0 Å². The molecule has 0 radical (unpaired) electrons. The van der Waals surface area contributed by atoms with E-state index in [1.54, 1.807) is 38.1 Å². The zero-order valence-corrected chi connectivity index (χ0v) is 18.0. The number of carbonyl (C=O) groups excluding carboxylic acids is 2. The molecule has 0 unspecified atom stereocenters. The van der Waals surface area contributed by atoms with E-state index in [1.165, 1.54) is 4.90 Å². The molecule has 2 rings (SSSR count). The molecule has 0 fully saturated rings. The van der Waals surface area contributed by atoms with Crippen LogP contribution in [0.2, 0.25) is 0 Å². The van der Waals surface area contributed by atoms with Gasteiger partial charge in [0.1, 0.15) is 5.75 Å². The molecule has 1 N–H and O–H groups in total. The molecule has 162 valence electrons. The second kappa shape index (κ2) is 11.8. The summed E-state index contributed by atoms with van der Waals surface area (Å²) in [4.78, 5) is 26.2. The van der Waals surface area contributed by atoms with Crippen LogP contribution in [0.1, 0.15) is 32.8 Å². The van der Waals surface area contributed by atoms with Crippen LogP contribution in [0.3, 0.4) is 0 Å². The molecule has 0 aromatic heterocycles. The Labute approximate surface area is 177 Å². The molecule has 0 bridgehead atoms. The van der Waals surface area contributed by atoms with Gasteiger partial charge >= 0.3 is 12.2 Å². The Morgan fingerprint density at radius 2 is 1.80 bits per heavy atom. The molecule has 0 atom stereocenters. The minimum Gasteiger partial charge on any atom is -0.447 e. The molecular weight excluding hydrogens is 384 g/mol. The normalized spacial score (nSPS) is 10.6. The van der Waals surface area contributed by atoms with Crippen LogP contribution in [0, 0.1) is 6.92 Å². The van der Waals surface area contributed by atoms with E-state index in [0.717, 1.165) is 17.7 Å². The van der Waals surface area contributed by atoms with Crippen molar-refractivity contribution in [3.05, 3.63) is 54.1 Å². The van der Waals surface area contributed by atoms with Crippen LogP contribution in [-0.2, 0) is 9.47 Å². The predicted molar refractivity (Wildman–Crippen MR) is 117 cm³/mol. The van der Waals surface area contributed by atoms with Crippen LogP contribution in [0.5, 0.6) is 5.75 Å². The Kier molecular flexibility index (Phi) is 9.15. The molecular formula is C23H30N2O5. The van der Waals surface area contributed by atoms with Gasteiger partial charge < -0.3 is 14.2 Å². The van der Waals surface area contributed by atoms with Crippen LogP contribution < -0.4 is 15.0 Å². The monoisotopic (exact) mass is 414 g/mol. The number of amides is 2. The van der Waals surface area contributed by atoms with Gasteiger partial charge in [-0.25, -0.2) is 9.59 Å². The Hall–Kier alpha value is -3.06. The smallest absolute Gasteiger partial charge is 0.419 e. The summed E-state index contributed by atoms with van der Waals surface area (Å²) in [7, 11) is 0. The molecule has 0 spiro atoms. The van der Waals surface area contributed by atoms with Crippen LogP contribution in [0.15, 0.2) is 48.5 Å². The van der Waals surface area contributed by atoms with E-state index < -0.39 is 12.2 Å². The van der Waals surface area contributed by atoms with Crippen molar-refractivity contribution < 1.29 is 23.8 Å². The van der Waals surface area contributed by atoms with Crippen LogP contribution in [0.25, 0.3) is 0 Å². The van der Waals surface area contributed by atoms with Gasteiger partial charge in [-0.05, 0) is 51.5 Å². The van der Waals surface area contributed by atoms with Crippen molar-refractivity contribution in [2.45, 2.75) is 40.2 Å². The van der Waals surface area contributed by atoms with E-state index in [4.69, 9.17) is 14.2 Å². The molecule has 0 heterocycles. The number of anilines is 2. The molecule has 7 heteroatoms. The lowest BCUT2D eigenvalue weighted by Gasteiger charge is -2.22. The third-order valence-electron chi connectivity index (χ3n) is 4.00. The van der Waals surface area contributed by atoms with Crippen molar-refractivity contribution in [1.82, 2.24) is 0 Å². The number of hydrogen-bond donors (Lipinski definition) is 1. The predicted octanol–water partition coefficient (Wildman–Crippen LogP) is 5.38. The lowest BCUT2D eigenvalue weighted by molar-refractivity contribution is 0.130. The second-order valence-corrected chi connectivity index (χ2v) is 7.07. The number of ether oxygens (including phenoxy) is 3.